The van der Waals surface area contributed by atoms with Crippen molar-refractivity contribution in [3.05, 3.63) is 66.8 Å². The molecule has 0 saturated carbocycles. The zero-order valence-electron chi connectivity index (χ0n) is 19.4. The molecular formula is C25H32N3O5. The van der Waals surface area contributed by atoms with Gasteiger partial charge in [-0.2, -0.15) is 0 Å². The number of carbonyl (C=O) groups is 3. The lowest BCUT2D eigenvalue weighted by Gasteiger charge is -2.38. The van der Waals surface area contributed by atoms with E-state index in [1.807, 2.05) is 56.3 Å². The number of Topliss-reactive ketones (excluding diaryl/α,β-unsaturated/α-hetero) is 1. The smallest absolute Gasteiger partial charge is 0.337 e. The van der Waals surface area contributed by atoms with E-state index in [0.717, 1.165) is 5.56 Å². The lowest BCUT2D eigenvalue weighted by Crippen LogP contribution is -2.51. The van der Waals surface area contributed by atoms with E-state index in [4.69, 9.17) is 4.74 Å². The summed E-state index contributed by atoms with van der Waals surface area (Å²) in [4.78, 5) is 39.8. The minimum atomic E-state index is -1.08. The molecule has 1 aliphatic rings. The van der Waals surface area contributed by atoms with Crippen molar-refractivity contribution in [3.8, 4) is 0 Å². The highest BCUT2D eigenvalue weighted by atomic mass is 16.5. The second-order valence-corrected chi connectivity index (χ2v) is 8.98. The van der Waals surface area contributed by atoms with Crippen LogP contribution in [0.1, 0.15) is 41.7 Å². The number of carboxylic acids is 1. The largest absolute Gasteiger partial charge is 0.478 e. The molecule has 2 N–H and O–H groups in total. The molecule has 0 aliphatic carbocycles. The number of aromatic nitrogens is 1. The van der Waals surface area contributed by atoms with Gasteiger partial charge in [0.1, 0.15) is 18.7 Å². The molecule has 1 saturated heterocycles. The number of nitrogens with zero attached hydrogens (tertiary/aromatic N) is 2. The maximum atomic E-state index is 13.8. The Labute approximate surface area is 194 Å². The molecule has 1 radical (unpaired) electrons. The van der Waals surface area contributed by atoms with E-state index in [9.17, 15) is 19.5 Å². The first-order chi connectivity index (χ1) is 15.7. The minimum absolute atomic E-state index is 0.0360. The summed E-state index contributed by atoms with van der Waals surface area (Å²) in [5.41, 5.74) is 0.210. The van der Waals surface area contributed by atoms with Crippen molar-refractivity contribution in [1.82, 2.24) is 14.8 Å². The molecule has 33 heavy (non-hydrogen) atoms. The number of aromatic carboxylic acids is 1. The molecule has 8 nitrogen and oxygen atoms in total. The molecule has 1 aliphatic heterocycles. The molecular weight excluding hydrogens is 422 g/mol. The summed E-state index contributed by atoms with van der Waals surface area (Å²) in [6, 6.07) is 9.41. The third-order valence-electron chi connectivity index (χ3n) is 6.38. The number of hydrogen-bond donors (Lipinski definition) is 2. The number of benzene rings is 1. The molecule has 4 unspecified atom stereocenters. The summed E-state index contributed by atoms with van der Waals surface area (Å²) in [6.45, 7) is 6.72. The molecule has 2 aromatic rings. The summed E-state index contributed by atoms with van der Waals surface area (Å²) in [5, 5.41) is 12.3. The average Bonchev–Trinajstić information content (AvgIpc) is 3.40. The van der Waals surface area contributed by atoms with E-state index < -0.39 is 29.6 Å². The van der Waals surface area contributed by atoms with Crippen molar-refractivity contribution in [2.24, 2.45) is 0 Å². The first kappa shape index (κ1) is 24.7. The minimum Gasteiger partial charge on any atom is -0.478 e. The van der Waals surface area contributed by atoms with Gasteiger partial charge in [-0.05, 0) is 38.6 Å². The molecule has 4 atom stereocenters. The van der Waals surface area contributed by atoms with Gasteiger partial charge in [0.25, 0.3) is 0 Å². The number of carbonyl (C=O) groups excluding carboxylic acids is 2. The van der Waals surface area contributed by atoms with Crippen LogP contribution in [0.4, 0.5) is 0 Å². The van der Waals surface area contributed by atoms with Gasteiger partial charge in [0, 0.05) is 24.4 Å². The third kappa shape index (κ3) is 5.34. The number of ketones is 1. The molecule has 3 rings (SSSR count). The standard InChI is InChI=1S/C25H32N3O5/c1-5-25(2,18-9-7-6-8-10-18)22(28-14-11-17(15-28)24(31)32)23(30)26-21-19(29)16-33-20(21)12-13-27(3)4/h6-11,14-15,20-22H,1,5,12-13,16H2,2-4H3,(H,26,30)(H,31,32). The van der Waals surface area contributed by atoms with Crippen LogP contribution in [0.25, 0.3) is 0 Å². The van der Waals surface area contributed by atoms with Crippen molar-refractivity contribution in [2.45, 2.75) is 43.4 Å². The molecule has 1 fully saturated rings. The fraction of sp³-hybridized carbons (Fsp3) is 0.440. The van der Waals surface area contributed by atoms with Gasteiger partial charge >= 0.3 is 5.97 Å². The number of amides is 1. The zero-order chi connectivity index (χ0) is 24.2. The Morgan fingerprint density at radius 2 is 2.00 bits per heavy atom. The van der Waals surface area contributed by atoms with Crippen molar-refractivity contribution in [2.75, 3.05) is 27.2 Å². The predicted molar refractivity (Wildman–Crippen MR) is 124 cm³/mol. The first-order valence-corrected chi connectivity index (χ1v) is 11.0. The van der Waals surface area contributed by atoms with Crippen molar-refractivity contribution in [1.29, 1.82) is 0 Å². The predicted octanol–water partition coefficient (Wildman–Crippen LogP) is 2.31. The molecule has 0 bridgehead atoms. The van der Waals surface area contributed by atoms with Crippen molar-refractivity contribution >= 4 is 17.7 Å². The van der Waals surface area contributed by atoms with E-state index >= 15 is 0 Å². The van der Waals surface area contributed by atoms with Crippen LogP contribution in [-0.2, 0) is 19.7 Å². The summed E-state index contributed by atoms with van der Waals surface area (Å²) in [7, 11) is 3.87. The van der Waals surface area contributed by atoms with Crippen LogP contribution < -0.4 is 5.32 Å². The zero-order valence-corrected chi connectivity index (χ0v) is 19.4. The fourth-order valence-electron chi connectivity index (χ4n) is 4.34. The van der Waals surface area contributed by atoms with Gasteiger partial charge < -0.3 is 24.6 Å². The summed E-state index contributed by atoms with van der Waals surface area (Å²) in [5.74, 6) is -1.62. The van der Waals surface area contributed by atoms with Crippen LogP contribution >= 0.6 is 0 Å². The highest BCUT2D eigenvalue weighted by Crippen LogP contribution is 2.39. The van der Waals surface area contributed by atoms with Crippen molar-refractivity contribution in [3.63, 3.8) is 0 Å². The summed E-state index contributed by atoms with van der Waals surface area (Å²) >= 11 is 0. The SMILES string of the molecule is [CH2]CC(C)(c1ccccc1)C(C(=O)NC1C(=O)COC1CCN(C)C)n1ccc(C(=O)O)c1. The molecule has 8 heteroatoms. The Hall–Kier alpha value is -2.97. The van der Waals surface area contributed by atoms with Crippen LogP contribution in [0.5, 0.6) is 0 Å². The molecule has 2 heterocycles. The monoisotopic (exact) mass is 454 g/mol. The summed E-state index contributed by atoms with van der Waals surface area (Å²) < 4.78 is 7.26. The van der Waals surface area contributed by atoms with E-state index in [2.05, 4.69) is 12.2 Å². The number of rotatable bonds is 10. The Morgan fingerprint density at radius 3 is 2.58 bits per heavy atom. The van der Waals surface area contributed by atoms with E-state index in [-0.39, 0.29) is 23.9 Å². The Balaban J connectivity index is 1.97. The number of ether oxygens (including phenoxy) is 1. The number of carboxylic acid groups (broad SMARTS) is 1. The Kier molecular flexibility index (Phi) is 7.71. The van der Waals surface area contributed by atoms with Gasteiger partial charge in [-0.15, -0.1) is 0 Å². The van der Waals surface area contributed by atoms with Crippen LogP contribution in [0.15, 0.2) is 48.8 Å². The first-order valence-electron chi connectivity index (χ1n) is 11.0. The maximum Gasteiger partial charge on any atom is 0.337 e. The lowest BCUT2D eigenvalue weighted by atomic mass is 9.73. The summed E-state index contributed by atoms with van der Waals surface area (Å²) in [6.07, 6.45) is 3.59. The fourth-order valence-corrected chi connectivity index (χ4v) is 4.34. The maximum absolute atomic E-state index is 13.8. The Bertz CT molecular complexity index is 987. The Morgan fingerprint density at radius 1 is 1.30 bits per heavy atom. The van der Waals surface area contributed by atoms with E-state index in [1.165, 1.54) is 12.3 Å². The second kappa shape index (κ2) is 10.3. The van der Waals surface area contributed by atoms with E-state index in [1.54, 1.807) is 10.8 Å². The topological polar surface area (TPSA) is 101 Å². The molecule has 1 amide bonds. The molecule has 177 valence electrons. The van der Waals surface area contributed by atoms with Gasteiger partial charge in [-0.25, -0.2) is 4.79 Å². The van der Waals surface area contributed by atoms with Crippen LogP contribution in [-0.4, -0.2) is 71.6 Å². The molecule has 1 aromatic carbocycles. The van der Waals surface area contributed by atoms with Gasteiger partial charge in [-0.3, -0.25) is 9.59 Å². The lowest BCUT2D eigenvalue weighted by molar-refractivity contribution is -0.130. The highest BCUT2D eigenvalue weighted by Gasteiger charge is 2.44. The number of nitrogens with one attached hydrogen (secondary N) is 1. The van der Waals surface area contributed by atoms with Crippen LogP contribution in [0.2, 0.25) is 0 Å². The van der Waals surface area contributed by atoms with Crippen LogP contribution in [0, 0.1) is 6.92 Å². The van der Waals surface area contributed by atoms with Gasteiger partial charge in [0.05, 0.1) is 11.7 Å². The molecule has 1 aromatic heterocycles. The second-order valence-electron chi connectivity index (χ2n) is 8.98. The van der Waals surface area contributed by atoms with Gasteiger partial charge in [0.15, 0.2) is 5.78 Å². The molecule has 0 spiro atoms. The van der Waals surface area contributed by atoms with Crippen LogP contribution in [0.3, 0.4) is 0 Å². The van der Waals surface area contributed by atoms with Gasteiger partial charge in [-0.1, -0.05) is 44.2 Å². The normalized spacial score (nSPS) is 21.1. The third-order valence-corrected chi connectivity index (χ3v) is 6.38. The van der Waals surface area contributed by atoms with E-state index in [0.29, 0.717) is 19.4 Å². The number of hydrogen-bond acceptors (Lipinski definition) is 5. The highest BCUT2D eigenvalue weighted by molar-refractivity contribution is 5.93. The van der Waals surface area contributed by atoms with Gasteiger partial charge in [0.2, 0.25) is 5.91 Å². The average molecular weight is 455 g/mol. The van der Waals surface area contributed by atoms with Crippen molar-refractivity contribution < 1.29 is 24.2 Å². The quantitative estimate of drug-likeness (QED) is 0.571.